The molecule has 1 aliphatic heterocycles. The molecule has 1 unspecified atom stereocenters. The molecule has 0 bridgehead atoms. The van der Waals surface area contributed by atoms with E-state index in [1.54, 1.807) is 0 Å². The van der Waals surface area contributed by atoms with Gasteiger partial charge < -0.3 is 10.5 Å². The van der Waals surface area contributed by atoms with E-state index in [0.717, 1.165) is 19.6 Å². The highest BCUT2D eigenvalue weighted by molar-refractivity contribution is 4.62. The molecule has 1 saturated heterocycles. The smallest absolute Gasteiger partial charge is 0.109 e. The second kappa shape index (κ2) is 3.02. The molecule has 0 radical (unpaired) electrons. The van der Waals surface area contributed by atoms with E-state index in [1.165, 1.54) is 0 Å². The topological polar surface area (TPSA) is 47.3 Å². The van der Waals surface area contributed by atoms with Crippen LogP contribution in [0.15, 0.2) is 0 Å². The van der Waals surface area contributed by atoms with Gasteiger partial charge in [0, 0.05) is 6.54 Å². The van der Waals surface area contributed by atoms with Crippen LogP contribution in [-0.4, -0.2) is 25.9 Å². The van der Waals surface area contributed by atoms with Crippen LogP contribution in [0.5, 0.6) is 0 Å². The molecule has 0 aliphatic carbocycles. The molecule has 3 N–H and O–H groups in total. The average molecular weight is 116 g/mol. The molecule has 1 fully saturated rings. The van der Waals surface area contributed by atoms with E-state index >= 15 is 0 Å². The van der Waals surface area contributed by atoms with Gasteiger partial charge in [0.05, 0.1) is 6.61 Å². The minimum Gasteiger partial charge on any atom is -0.362 e. The van der Waals surface area contributed by atoms with Crippen LogP contribution in [0.1, 0.15) is 6.42 Å². The lowest BCUT2D eigenvalue weighted by Gasteiger charge is -2.05. The lowest BCUT2D eigenvalue weighted by Crippen LogP contribution is -2.25. The van der Waals surface area contributed by atoms with Crippen molar-refractivity contribution < 1.29 is 4.74 Å². The summed E-state index contributed by atoms with van der Waals surface area (Å²) >= 11 is 0. The summed E-state index contributed by atoms with van der Waals surface area (Å²) in [7, 11) is 0. The van der Waals surface area contributed by atoms with Crippen LogP contribution in [0.25, 0.3) is 0 Å². The first-order valence-corrected chi connectivity index (χ1v) is 2.98. The number of rotatable bonds is 2. The summed E-state index contributed by atoms with van der Waals surface area (Å²) in [5.74, 6) is 0. The Morgan fingerprint density at radius 3 is 3.12 bits per heavy atom. The predicted molar refractivity (Wildman–Crippen MR) is 31.4 cm³/mol. The van der Waals surface area contributed by atoms with Crippen molar-refractivity contribution in [2.75, 3.05) is 19.7 Å². The molecular weight excluding hydrogens is 104 g/mol. The summed E-state index contributed by atoms with van der Waals surface area (Å²) in [6.07, 6.45) is 1.17. The molecule has 48 valence electrons. The predicted octanol–water partition coefficient (Wildman–Crippen LogP) is -0.719. The van der Waals surface area contributed by atoms with Crippen LogP contribution in [0.4, 0.5) is 0 Å². The fraction of sp³-hybridized carbons (Fsp3) is 1.00. The largest absolute Gasteiger partial charge is 0.362 e. The van der Waals surface area contributed by atoms with E-state index < -0.39 is 0 Å². The first kappa shape index (κ1) is 6.01. The third kappa shape index (κ3) is 1.43. The molecule has 0 aromatic carbocycles. The maximum absolute atomic E-state index is 5.29. The lowest BCUT2D eigenvalue weighted by molar-refractivity contribution is 0.0963. The monoisotopic (exact) mass is 116 g/mol. The molecule has 1 heterocycles. The van der Waals surface area contributed by atoms with Crippen molar-refractivity contribution in [2.45, 2.75) is 12.6 Å². The standard InChI is InChI=1S/C5H12N2O/c6-2-1-5-7-3-4-8-5/h5,7H,1-4,6H2. The zero-order valence-corrected chi connectivity index (χ0v) is 4.89. The SMILES string of the molecule is NCCC1NCCO1. The van der Waals surface area contributed by atoms with Crippen LogP contribution in [0, 0.1) is 0 Å². The molecule has 0 amide bonds. The molecule has 1 rings (SSSR count). The third-order valence-corrected chi connectivity index (χ3v) is 1.22. The number of hydrogen-bond donors (Lipinski definition) is 2. The highest BCUT2D eigenvalue weighted by Gasteiger charge is 2.11. The molecule has 8 heavy (non-hydrogen) atoms. The fourth-order valence-corrected chi connectivity index (χ4v) is 0.817. The van der Waals surface area contributed by atoms with Crippen molar-refractivity contribution in [3.8, 4) is 0 Å². The van der Waals surface area contributed by atoms with E-state index in [0.29, 0.717) is 6.54 Å². The Hall–Kier alpha value is -0.120. The van der Waals surface area contributed by atoms with Crippen LogP contribution in [0.2, 0.25) is 0 Å². The van der Waals surface area contributed by atoms with E-state index in [-0.39, 0.29) is 6.23 Å². The summed E-state index contributed by atoms with van der Waals surface area (Å²) in [6.45, 7) is 2.52. The highest BCUT2D eigenvalue weighted by Crippen LogP contribution is 1.97. The van der Waals surface area contributed by atoms with Crippen molar-refractivity contribution in [3.63, 3.8) is 0 Å². The van der Waals surface area contributed by atoms with Crippen LogP contribution in [0.3, 0.4) is 0 Å². The zero-order valence-electron chi connectivity index (χ0n) is 4.89. The van der Waals surface area contributed by atoms with Crippen LogP contribution in [-0.2, 0) is 4.74 Å². The van der Waals surface area contributed by atoms with Gasteiger partial charge in [-0.3, -0.25) is 5.32 Å². The molecule has 1 atom stereocenters. The third-order valence-electron chi connectivity index (χ3n) is 1.22. The molecule has 0 aromatic rings. The van der Waals surface area contributed by atoms with Crippen molar-refractivity contribution in [2.24, 2.45) is 5.73 Å². The van der Waals surface area contributed by atoms with Gasteiger partial charge in [-0.05, 0) is 13.0 Å². The molecule has 0 saturated carbocycles. The van der Waals surface area contributed by atoms with Crippen molar-refractivity contribution in [1.82, 2.24) is 5.32 Å². The maximum atomic E-state index is 5.29. The Bertz CT molecular complexity index is 61.4. The van der Waals surface area contributed by atoms with Gasteiger partial charge in [-0.1, -0.05) is 0 Å². The van der Waals surface area contributed by atoms with Gasteiger partial charge in [0.1, 0.15) is 6.23 Å². The maximum Gasteiger partial charge on any atom is 0.109 e. The Balaban J connectivity index is 2.06. The quantitative estimate of drug-likeness (QED) is 0.500. The molecular formula is C5H12N2O. The van der Waals surface area contributed by atoms with Gasteiger partial charge in [-0.25, -0.2) is 0 Å². The Morgan fingerprint density at radius 1 is 1.75 bits per heavy atom. The van der Waals surface area contributed by atoms with E-state index in [2.05, 4.69) is 5.32 Å². The molecule has 3 nitrogen and oxygen atoms in total. The normalized spacial score (nSPS) is 28.9. The summed E-state index contributed by atoms with van der Waals surface area (Å²) < 4.78 is 5.20. The summed E-state index contributed by atoms with van der Waals surface area (Å²) in [6, 6.07) is 0. The Morgan fingerprint density at radius 2 is 2.62 bits per heavy atom. The zero-order chi connectivity index (χ0) is 5.82. The van der Waals surface area contributed by atoms with Gasteiger partial charge in [0.2, 0.25) is 0 Å². The molecule has 1 aliphatic rings. The second-order valence-corrected chi connectivity index (χ2v) is 1.89. The molecule has 0 aromatic heterocycles. The van der Waals surface area contributed by atoms with Gasteiger partial charge in [0.25, 0.3) is 0 Å². The minimum atomic E-state index is 0.236. The van der Waals surface area contributed by atoms with Crippen LogP contribution < -0.4 is 11.1 Å². The van der Waals surface area contributed by atoms with E-state index in [1.807, 2.05) is 0 Å². The molecule has 3 heteroatoms. The van der Waals surface area contributed by atoms with E-state index in [9.17, 15) is 0 Å². The van der Waals surface area contributed by atoms with E-state index in [4.69, 9.17) is 10.5 Å². The number of hydrogen-bond acceptors (Lipinski definition) is 3. The summed E-state index contributed by atoms with van der Waals surface area (Å²) in [5.41, 5.74) is 5.29. The average Bonchev–Trinajstić information content (AvgIpc) is 2.19. The highest BCUT2D eigenvalue weighted by atomic mass is 16.5. The Labute approximate surface area is 49.2 Å². The van der Waals surface area contributed by atoms with Gasteiger partial charge in [-0.2, -0.15) is 0 Å². The van der Waals surface area contributed by atoms with Gasteiger partial charge in [0.15, 0.2) is 0 Å². The first-order chi connectivity index (χ1) is 3.93. The summed E-state index contributed by atoms with van der Waals surface area (Å²) in [5, 5.41) is 3.16. The number of nitrogens with one attached hydrogen (secondary N) is 1. The number of nitrogens with two attached hydrogens (primary N) is 1. The van der Waals surface area contributed by atoms with Gasteiger partial charge >= 0.3 is 0 Å². The fourth-order valence-electron chi connectivity index (χ4n) is 0.817. The minimum absolute atomic E-state index is 0.236. The van der Waals surface area contributed by atoms with Crippen LogP contribution >= 0.6 is 0 Å². The molecule has 0 spiro atoms. The summed E-state index contributed by atoms with van der Waals surface area (Å²) in [4.78, 5) is 0. The van der Waals surface area contributed by atoms with Crippen molar-refractivity contribution in [3.05, 3.63) is 0 Å². The lowest BCUT2D eigenvalue weighted by atomic mass is 10.4. The van der Waals surface area contributed by atoms with Crippen molar-refractivity contribution >= 4 is 0 Å². The van der Waals surface area contributed by atoms with Crippen molar-refractivity contribution in [1.29, 1.82) is 0 Å². The Kier molecular flexibility index (Phi) is 2.27. The first-order valence-electron chi connectivity index (χ1n) is 2.98. The number of ether oxygens (including phenoxy) is 1. The van der Waals surface area contributed by atoms with Gasteiger partial charge in [-0.15, -0.1) is 0 Å². The second-order valence-electron chi connectivity index (χ2n) is 1.89.